The monoisotopic (exact) mass is 836 g/mol. The van der Waals surface area contributed by atoms with Crippen LogP contribution in [-0.4, -0.2) is 124 Å². The molecule has 4 aromatic heterocycles. The molecular weight excluding hydrogens is 789 g/mol. The molecule has 20 heteroatoms. The van der Waals surface area contributed by atoms with Gasteiger partial charge in [-0.05, 0) is 43.9 Å². The molecule has 304 valence electrons. The average Bonchev–Trinajstić information content (AvgIpc) is 4.04. The minimum absolute atomic E-state index is 0.123. The van der Waals surface area contributed by atoms with Crippen LogP contribution in [0.25, 0.3) is 41.8 Å². The predicted molar refractivity (Wildman–Crippen MR) is 218 cm³/mol. The first-order chi connectivity index (χ1) is 27.2. The van der Waals surface area contributed by atoms with Gasteiger partial charge in [-0.2, -0.15) is 0 Å². The predicted octanol–water partition coefficient (Wildman–Crippen LogP) is 5.62. The van der Waals surface area contributed by atoms with Gasteiger partial charge in [0.1, 0.15) is 33.7 Å². The van der Waals surface area contributed by atoms with E-state index in [0.29, 0.717) is 24.4 Å². The average molecular weight is 837 g/mol. The third kappa shape index (κ3) is 8.12. The molecule has 5 aromatic rings. The maximum atomic E-state index is 14.0. The van der Waals surface area contributed by atoms with Crippen molar-refractivity contribution in [3.8, 4) is 21.4 Å². The summed E-state index contributed by atoms with van der Waals surface area (Å²) in [4.78, 5) is 81.5. The zero-order valence-corrected chi connectivity index (χ0v) is 35.8. The van der Waals surface area contributed by atoms with Gasteiger partial charge in [0.25, 0.3) is 0 Å². The highest BCUT2D eigenvalue weighted by Gasteiger charge is 2.46. The SMILES string of the molecule is COC(=O)N[C@H](C(=O)N1CCC[C@H]1c1ncc(-c2nc3cc4sc(-c5cnc([C@@H]6C[Si](C)(C)CN6C(=O)[C@@H](NC(=O)OC)C(C)OC)[nH]5)nc4cc3s2)[nH]1)C(C)C. The number of nitrogens with zero attached hydrogens (tertiary/aromatic N) is 6. The third-order valence-corrected chi connectivity index (χ3v) is 15.5. The van der Waals surface area contributed by atoms with Crippen molar-refractivity contribution in [2.24, 2.45) is 5.92 Å². The van der Waals surface area contributed by atoms with Crippen molar-refractivity contribution in [3.05, 3.63) is 36.2 Å². The highest BCUT2D eigenvalue weighted by atomic mass is 32.1. The van der Waals surface area contributed by atoms with Gasteiger partial charge in [0, 0.05) is 19.8 Å². The lowest BCUT2D eigenvalue weighted by atomic mass is 10.0. The first kappa shape index (κ1) is 40.3. The number of likely N-dealkylation sites (tertiary alicyclic amines) is 1. The van der Waals surface area contributed by atoms with E-state index in [0.717, 1.165) is 60.7 Å². The Morgan fingerprint density at radius 2 is 1.33 bits per heavy atom. The number of thiazole rings is 2. The normalized spacial score (nSPS) is 19.6. The summed E-state index contributed by atoms with van der Waals surface area (Å²) in [6.07, 6.45) is 3.80. The van der Waals surface area contributed by atoms with Crippen LogP contribution in [0.5, 0.6) is 0 Å². The minimum Gasteiger partial charge on any atom is -0.453 e. The summed E-state index contributed by atoms with van der Waals surface area (Å²) in [5, 5.41) is 6.89. The molecule has 4 amide bonds. The molecule has 6 heterocycles. The van der Waals surface area contributed by atoms with Crippen LogP contribution < -0.4 is 10.6 Å². The number of methoxy groups -OCH3 is 3. The van der Waals surface area contributed by atoms with Crippen molar-refractivity contribution >= 4 is 75.2 Å². The highest BCUT2D eigenvalue weighted by Crippen LogP contribution is 2.40. The Morgan fingerprint density at radius 1 is 0.807 bits per heavy atom. The first-order valence-corrected chi connectivity index (χ1v) is 23.9. The highest BCUT2D eigenvalue weighted by molar-refractivity contribution is 7.23. The third-order valence-electron chi connectivity index (χ3n) is 10.7. The zero-order chi connectivity index (χ0) is 40.8. The molecule has 7 rings (SSSR count). The lowest BCUT2D eigenvalue weighted by Crippen LogP contribution is -2.54. The van der Waals surface area contributed by atoms with Crippen molar-refractivity contribution in [2.45, 2.75) is 83.0 Å². The van der Waals surface area contributed by atoms with Gasteiger partial charge in [-0.15, -0.1) is 22.7 Å². The van der Waals surface area contributed by atoms with E-state index in [-0.39, 0.29) is 29.8 Å². The van der Waals surface area contributed by atoms with Gasteiger partial charge in [0.15, 0.2) is 0 Å². The Balaban J connectivity index is 1.09. The number of H-pyrrole nitrogens is 2. The number of alkyl carbamates (subject to hydrolysis) is 2. The van der Waals surface area contributed by atoms with E-state index in [1.165, 1.54) is 44.0 Å². The van der Waals surface area contributed by atoms with Crippen LogP contribution in [0.2, 0.25) is 19.1 Å². The lowest BCUT2D eigenvalue weighted by Gasteiger charge is -2.31. The van der Waals surface area contributed by atoms with Crippen molar-refractivity contribution in [3.63, 3.8) is 0 Å². The van der Waals surface area contributed by atoms with Gasteiger partial charge in [0.2, 0.25) is 11.8 Å². The number of benzene rings is 1. The van der Waals surface area contributed by atoms with Crippen LogP contribution in [0.15, 0.2) is 24.5 Å². The van der Waals surface area contributed by atoms with Gasteiger partial charge in [0.05, 0.1) is 84.7 Å². The van der Waals surface area contributed by atoms with Crippen molar-refractivity contribution < 1.29 is 33.4 Å². The molecule has 17 nitrogen and oxygen atoms in total. The summed E-state index contributed by atoms with van der Waals surface area (Å²) in [7, 11) is 2.23. The van der Waals surface area contributed by atoms with E-state index >= 15 is 0 Å². The molecule has 57 heavy (non-hydrogen) atoms. The fraction of sp³-hybridized carbons (Fsp3) is 0.514. The smallest absolute Gasteiger partial charge is 0.407 e. The van der Waals surface area contributed by atoms with Gasteiger partial charge >= 0.3 is 12.2 Å². The summed E-state index contributed by atoms with van der Waals surface area (Å²) in [5.41, 5.74) is 3.17. The van der Waals surface area contributed by atoms with E-state index in [1.54, 1.807) is 24.2 Å². The minimum atomic E-state index is -1.82. The maximum absolute atomic E-state index is 14.0. The number of aromatic amines is 2. The Morgan fingerprint density at radius 3 is 1.86 bits per heavy atom. The Labute approximate surface area is 338 Å². The van der Waals surface area contributed by atoms with E-state index in [1.807, 2.05) is 30.9 Å². The van der Waals surface area contributed by atoms with Crippen LogP contribution in [0.1, 0.15) is 57.3 Å². The fourth-order valence-electron chi connectivity index (χ4n) is 7.63. The number of hydrogen-bond acceptors (Lipinski definition) is 13. The van der Waals surface area contributed by atoms with E-state index in [4.69, 9.17) is 29.2 Å². The molecule has 2 saturated heterocycles. The summed E-state index contributed by atoms with van der Waals surface area (Å²) < 4.78 is 16.9. The number of amides is 4. The number of imidazole rings is 2. The van der Waals surface area contributed by atoms with Crippen LogP contribution in [0.3, 0.4) is 0 Å². The van der Waals surface area contributed by atoms with E-state index in [2.05, 4.69) is 38.7 Å². The standard InChI is InChI=1S/C37H48N10O7S2Si/c1-18(2)28(44-36(50)53-5)34(48)46-11-9-10-24(46)30-38-14-22(40-30)32-42-20-12-27-21(13-26(20)55-32)43-33(56-27)23-15-39-31(41-23)25-16-57(7,8)17-47(25)35(49)29(19(3)52-4)45-37(51)54-6/h12-15,18-19,24-25,28-29H,9-11,16-17H2,1-8H3,(H,38,40)(H,39,41)(H,44,50)(H,45,51)/t19?,24-,25-,28-,29-/m0/s1. The molecule has 0 radical (unpaired) electrons. The number of carbonyl (C=O) groups is 4. The number of ether oxygens (including phenoxy) is 3. The Kier molecular flexibility index (Phi) is 11.4. The molecule has 0 spiro atoms. The second-order valence-electron chi connectivity index (χ2n) is 15.6. The van der Waals surface area contributed by atoms with Crippen molar-refractivity contribution in [1.82, 2.24) is 50.3 Å². The second-order valence-corrected chi connectivity index (χ2v) is 22.8. The molecule has 0 saturated carbocycles. The molecule has 0 aliphatic carbocycles. The number of nitrogens with one attached hydrogen (secondary N) is 4. The lowest BCUT2D eigenvalue weighted by molar-refractivity contribution is -0.137. The number of hydrogen-bond donors (Lipinski definition) is 4. The molecule has 2 fully saturated rings. The summed E-state index contributed by atoms with van der Waals surface area (Å²) >= 11 is 3.06. The molecule has 0 bridgehead atoms. The number of aromatic nitrogens is 6. The number of rotatable bonds is 11. The molecule has 2 aliphatic heterocycles. The van der Waals surface area contributed by atoms with Crippen LogP contribution >= 0.6 is 22.7 Å². The quantitative estimate of drug-likeness (QED) is 0.120. The van der Waals surface area contributed by atoms with Crippen LogP contribution in [0.4, 0.5) is 9.59 Å². The summed E-state index contributed by atoms with van der Waals surface area (Å²) in [5.74, 6) is 0.828. The van der Waals surface area contributed by atoms with Crippen molar-refractivity contribution in [2.75, 3.05) is 34.0 Å². The van der Waals surface area contributed by atoms with Crippen molar-refractivity contribution in [1.29, 1.82) is 0 Å². The van der Waals surface area contributed by atoms with Gasteiger partial charge < -0.3 is 44.6 Å². The van der Waals surface area contributed by atoms with E-state index < -0.39 is 38.4 Å². The second kappa shape index (κ2) is 16.1. The largest absolute Gasteiger partial charge is 0.453 e. The van der Waals surface area contributed by atoms with Crippen LogP contribution in [0, 0.1) is 5.92 Å². The zero-order valence-electron chi connectivity index (χ0n) is 33.2. The molecule has 1 aromatic carbocycles. The molecule has 5 atom stereocenters. The van der Waals surface area contributed by atoms with Gasteiger partial charge in [-0.25, -0.2) is 29.5 Å². The van der Waals surface area contributed by atoms with Gasteiger partial charge in [-0.3, -0.25) is 9.59 Å². The first-order valence-electron chi connectivity index (χ1n) is 18.8. The fourth-order valence-corrected chi connectivity index (χ4v) is 12.4. The summed E-state index contributed by atoms with van der Waals surface area (Å²) in [6, 6.07) is 2.72. The molecular formula is C37H48N10O7S2Si. The summed E-state index contributed by atoms with van der Waals surface area (Å²) in [6.45, 7) is 10.6. The topological polar surface area (TPSA) is 210 Å². The van der Waals surface area contributed by atoms with Gasteiger partial charge in [-0.1, -0.05) is 26.9 Å². The number of fused-ring (bicyclic) bond motifs is 2. The van der Waals surface area contributed by atoms with Crippen LogP contribution in [-0.2, 0) is 23.8 Å². The molecule has 2 aliphatic rings. The molecule has 4 N–H and O–H groups in total. The maximum Gasteiger partial charge on any atom is 0.407 e. The van der Waals surface area contributed by atoms with E-state index in [9.17, 15) is 19.2 Å². The Bertz CT molecular complexity index is 2250. The Hall–Kier alpha value is -4.92. The molecule has 1 unspecified atom stereocenters. The number of carbonyl (C=O) groups excluding carboxylic acids is 4.